The molecule has 0 radical (unpaired) electrons. The van der Waals surface area contributed by atoms with Gasteiger partial charge in [-0.25, -0.2) is 4.39 Å². The first-order valence-corrected chi connectivity index (χ1v) is 9.03. The number of guanidine groups is 1. The summed E-state index contributed by atoms with van der Waals surface area (Å²) < 4.78 is 13.2. The lowest BCUT2D eigenvalue weighted by Crippen LogP contribution is -2.48. The highest BCUT2D eigenvalue weighted by Gasteiger charge is 2.24. The highest BCUT2D eigenvalue weighted by Crippen LogP contribution is 2.17. The van der Waals surface area contributed by atoms with E-state index in [9.17, 15) is 4.39 Å². The first-order chi connectivity index (χ1) is 11.6. The van der Waals surface area contributed by atoms with Crippen LogP contribution in [-0.2, 0) is 6.42 Å². The predicted octanol–water partition coefficient (Wildman–Crippen LogP) is 2.65. The van der Waals surface area contributed by atoms with Gasteiger partial charge in [0.15, 0.2) is 5.96 Å². The van der Waals surface area contributed by atoms with Crippen molar-refractivity contribution in [1.82, 2.24) is 15.5 Å². The molecule has 2 N–H and O–H groups in total. The van der Waals surface area contributed by atoms with Crippen LogP contribution in [-0.4, -0.2) is 50.1 Å². The Balaban J connectivity index is 1.76. The molecule has 5 heteroatoms. The van der Waals surface area contributed by atoms with E-state index >= 15 is 0 Å². The lowest BCUT2D eigenvalue weighted by molar-refractivity contribution is 0.192. The largest absolute Gasteiger partial charge is 0.356 e. The SMILES string of the molecule is CN=C(NCCc1cccc(F)c1)NCC(C(C)C)N1CCCC1. The van der Waals surface area contributed by atoms with Crippen LogP contribution in [0, 0.1) is 11.7 Å². The summed E-state index contributed by atoms with van der Waals surface area (Å²) in [6.45, 7) is 8.61. The van der Waals surface area contributed by atoms with Crippen LogP contribution < -0.4 is 10.6 Å². The Morgan fingerprint density at radius 1 is 1.25 bits per heavy atom. The monoisotopic (exact) mass is 334 g/mol. The number of nitrogens with one attached hydrogen (secondary N) is 2. The molecule has 0 aliphatic carbocycles. The topological polar surface area (TPSA) is 39.7 Å². The normalized spacial score (nSPS) is 17.3. The fourth-order valence-corrected chi connectivity index (χ4v) is 3.30. The van der Waals surface area contributed by atoms with Crippen molar-refractivity contribution in [2.45, 2.75) is 39.2 Å². The van der Waals surface area contributed by atoms with Gasteiger partial charge in [-0.15, -0.1) is 0 Å². The zero-order chi connectivity index (χ0) is 17.4. The molecule has 1 fully saturated rings. The predicted molar refractivity (Wildman–Crippen MR) is 98.9 cm³/mol. The molecule has 4 nitrogen and oxygen atoms in total. The van der Waals surface area contributed by atoms with Crippen molar-refractivity contribution in [3.63, 3.8) is 0 Å². The minimum Gasteiger partial charge on any atom is -0.356 e. The quantitative estimate of drug-likeness (QED) is 0.595. The molecule has 1 aromatic carbocycles. The molecule has 0 amide bonds. The van der Waals surface area contributed by atoms with Crippen molar-refractivity contribution >= 4 is 5.96 Å². The molecule has 0 spiro atoms. The van der Waals surface area contributed by atoms with Gasteiger partial charge >= 0.3 is 0 Å². The van der Waals surface area contributed by atoms with Crippen LogP contribution in [0.4, 0.5) is 4.39 Å². The summed E-state index contributed by atoms with van der Waals surface area (Å²) in [7, 11) is 1.79. The van der Waals surface area contributed by atoms with Crippen molar-refractivity contribution in [2.24, 2.45) is 10.9 Å². The molecule has 1 aliphatic heterocycles. The summed E-state index contributed by atoms with van der Waals surface area (Å²) in [5, 5.41) is 6.77. The Morgan fingerprint density at radius 2 is 2.00 bits per heavy atom. The number of nitrogens with zero attached hydrogens (tertiary/aromatic N) is 2. The second-order valence-corrected chi connectivity index (χ2v) is 6.81. The van der Waals surface area contributed by atoms with Crippen molar-refractivity contribution in [1.29, 1.82) is 0 Å². The van der Waals surface area contributed by atoms with Crippen LogP contribution >= 0.6 is 0 Å². The second kappa shape index (κ2) is 9.62. The fraction of sp³-hybridized carbons (Fsp3) is 0.632. The molecule has 1 aliphatic rings. The molecule has 1 heterocycles. The van der Waals surface area contributed by atoms with Gasteiger partial charge in [-0.3, -0.25) is 9.89 Å². The van der Waals surface area contributed by atoms with Gasteiger partial charge in [0, 0.05) is 26.2 Å². The molecular formula is C19H31FN4. The molecule has 0 aromatic heterocycles. The molecule has 1 aromatic rings. The van der Waals surface area contributed by atoms with Crippen LogP contribution in [0.2, 0.25) is 0 Å². The molecule has 134 valence electrons. The Labute approximate surface area is 145 Å². The van der Waals surface area contributed by atoms with Gasteiger partial charge < -0.3 is 10.6 Å². The van der Waals surface area contributed by atoms with Gasteiger partial charge in [-0.2, -0.15) is 0 Å². The molecular weight excluding hydrogens is 303 g/mol. The van der Waals surface area contributed by atoms with E-state index in [4.69, 9.17) is 0 Å². The van der Waals surface area contributed by atoms with Gasteiger partial charge in [0.2, 0.25) is 0 Å². The minimum absolute atomic E-state index is 0.180. The maximum atomic E-state index is 13.2. The van der Waals surface area contributed by atoms with Crippen molar-refractivity contribution in [2.75, 3.05) is 33.2 Å². The third-order valence-electron chi connectivity index (χ3n) is 4.68. The zero-order valence-electron chi connectivity index (χ0n) is 15.2. The van der Waals surface area contributed by atoms with Crippen molar-refractivity contribution in [3.05, 3.63) is 35.6 Å². The van der Waals surface area contributed by atoms with Crippen LogP contribution in [0.1, 0.15) is 32.3 Å². The van der Waals surface area contributed by atoms with Crippen molar-refractivity contribution in [3.8, 4) is 0 Å². The number of rotatable bonds is 7. The smallest absolute Gasteiger partial charge is 0.191 e. The summed E-state index contributed by atoms with van der Waals surface area (Å²) >= 11 is 0. The molecule has 0 saturated carbocycles. The fourth-order valence-electron chi connectivity index (χ4n) is 3.30. The number of likely N-dealkylation sites (tertiary alicyclic amines) is 1. The summed E-state index contributed by atoms with van der Waals surface area (Å²) in [5.74, 6) is 1.25. The standard InChI is InChI=1S/C19H31FN4/c1-15(2)18(24-11-4-5-12-24)14-23-19(21-3)22-10-9-16-7-6-8-17(20)13-16/h6-8,13,15,18H,4-5,9-12,14H2,1-3H3,(H2,21,22,23). The Hall–Kier alpha value is -1.62. The summed E-state index contributed by atoms with van der Waals surface area (Å²) in [6.07, 6.45) is 3.39. The Morgan fingerprint density at radius 3 is 2.62 bits per heavy atom. The average Bonchev–Trinajstić information content (AvgIpc) is 3.07. The summed E-state index contributed by atoms with van der Waals surface area (Å²) in [6, 6.07) is 7.29. The molecule has 1 unspecified atom stereocenters. The van der Waals surface area contributed by atoms with Crippen LogP contribution in [0.15, 0.2) is 29.3 Å². The lowest BCUT2D eigenvalue weighted by atomic mass is 10.0. The highest BCUT2D eigenvalue weighted by molar-refractivity contribution is 5.79. The van der Waals surface area contributed by atoms with Crippen LogP contribution in [0.3, 0.4) is 0 Å². The highest BCUT2D eigenvalue weighted by atomic mass is 19.1. The van der Waals surface area contributed by atoms with Gasteiger partial charge in [-0.1, -0.05) is 26.0 Å². The molecule has 1 atom stereocenters. The summed E-state index contributed by atoms with van der Waals surface area (Å²) in [5.41, 5.74) is 0.995. The van der Waals surface area contributed by atoms with E-state index in [-0.39, 0.29) is 5.82 Å². The van der Waals surface area contributed by atoms with Crippen molar-refractivity contribution < 1.29 is 4.39 Å². The van der Waals surface area contributed by atoms with Gasteiger partial charge in [0.05, 0.1) is 0 Å². The number of halogens is 1. The minimum atomic E-state index is -0.180. The van der Waals surface area contributed by atoms with E-state index in [2.05, 4.69) is 34.4 Å². The lowest BCUT2D eigenvalue weighted by Gasteiger charge is -2.31. The molecule has 1 saturated heterocycles. The third-order valence-corrected chi connectivity index (χ3v) is 4.68. The first kappa shape index (κ1) is 18.7. The van der Waals surface area contributed by atoms with E-state index in [1.54, 1.807) is 19.2 Å². The first-order valence-electron chi connectivity index (χ1n) is 9.03. The van der Waals surface area contributed by atoms with E-state index in [0.29, 0.717) is 12.0 Å². The van der Waals surface area contributed by atoms with E-state index in [1.165, 1.54) is 32.0 Å². The van der Waals surface area contributed by atoms with Gasteiger partial charge in [0.1, 0.15) is 5.82 Å². The number of hydrogen-bond donors (Lipinski definition) is 2. The van der Waals surface area contributed by atoms with Crippen LogP contribution in [0.25, 0.3) is 0 Å². The van der Waals surface area contributed by atoms with E-state index < -0.39 is 0 Å². The average molecular weight is 334 g/mol. The number of aliphatic imine (C=N–C) groups is 1. The number of hydrogen-bond acceptors (Lipinski definition) is 2. The second-order valence-electron chi connectivity index (χ2n) is 6.81. The Kier molecular flexibility index (Phi) is 7.50. The maximum absolute atomic E-state index is 13.2. The van der Waals surface area contributed by atoms with Gasteiger partial charge in [-0.05, 0) is 56.0 Å². The molecule has 0 bridgehead atoms. The zero-order valence-corrected chi connectivity index (χ0v) is 15.2. The van der Waals surface area contributed by atoms with E-state index in [0.717, 1.165) is 31.0 Å². The Bertz CT molecular complexity index is 524. The molecule has 24 heavy (non-hydrogen) atoms. The summed E-state index contributed by atoms with van der Waals surface area (Å²) in [4.78, 5) is 6.88. The van der Waals surface area contributed by atoms with Gasteiger partial charge in [0.25, 0.3) is 0 Å². The number of benzene rings is 1. The van der Waals surface area contributed by atoms with E-state index in [1.807, 2.05) is 6.07 Å². The maximum Gasteiger partial charge on any atom is 0.191 e. The van der Waals surface area contributed by atoms with Crippen LogP contribution in [0.5, 0.6) is 0 Å². The molecule has 2 rings (SSSR count). The third kappa shape index (κ3) is 5.78.